The van der Waals surface area contributed by atoms with Gasteiger partial charge >= 0.3 is 0 Å². The minimum absolute atomic E-state index is 0.676. The first-order valence-corrected chi connectivity index (χ1v) is 6.29. The van der Waals surface area contributed by atoms with Gasteiger partial charge in [-0.05, 0) is 29.5 Å². The molecule has 3 rings (SSSR count). The fourth-order valence-corrected chi connectivity index (χ4v) is 1.99. The third-order valence-corrected chi connectivity index (χ3v) is 3.14. The van der Waals surface area contributed by atoms with E-state index in [1.54, 1.807) is 11.0 Å². The summed E-state index contributed by atoms with van der Waals surface area (Å²) in [4.78, 5) is 7.33. The Bertz CT molecular complexity index is 713. The standard InChI is InChI=1S/C13H15N7/c1-9-12(16-8-15-9)7-14-11-5-3-4-10(6-11)13-17-18-19-20(13)2/h3-6,8,14H,7H2,1-2H3,(H,15,16). The van der Waals surface area contributed by atoms with Crippen molar-refractivity contribution in [1.82, 2.24) is 30.2 Å². The van der Waals surface area contributed by atoms with Crippen LogP contribution in [0.5, 0.6) is 0 Å². The minimum Gasteiger partial charge on any atom is -0.379 e. The second-order valence-corrected chi connectivity index (χ2v) is 4.53. The molecule has 2 heterocycles. The molecule has 0 saturated carbocycles. The van der Waals surface area contributed by atoms with E-state index in [-0.39, 0.29) is 0 Å². The van der Waals surface area contributed by atoms with Crippen LogP contribution in [0, 0.1) is 6.92 Å². The molecule has 2 N–H and O–H groups in total. The highest BCUT2D eigenvalue weighted by molar-refractivity contribution is 5.62. The highest BCUT2D eigenvalue weighted by Gasteiger charge is 2.06. The SMILES string of the molecule is Cc1[nH]cnc1CNc1cccc(-c2nnnn2C)c1. The quantitative estimate of drug-likeness (QED) is 0.750. The van der Waals surface area contributed by atoms with Gasteiger partial charge in [-0.15, -0.1) is 5.10 Å². The van der Waals surface area contributed by atoms with Crippen LogP contribution in [0.15, 0.2) is 30.6 Å². The highest BCUT2D eigenvalue weighted by atomic mass is 15.5. The maximum atomic E-state index is 4.26. The Labute approximate surface area is 116 Å². The second kappa shape index (κ2) is 5.12. The third kappa shape index (κ3) is 2.37. The molecule has 102 valence electrons. The van der Waals surface area contributed by atoms with Crippen molar-refractivity contribution in [2.24, 2.45) is 7.05 Å². The molecule has 0 amide bonds. The van der Waals surface area contributed by atoms with Crippen LogP contribution in [0.2, 0.25) is 0 Å². The summed E-state index contributed by atoms with van der Waals surface area (Å²) in [6, 6.07) is 7.99. The van der Waals surface area contributed by atoms with E-state index < -0.39 is 0 Å². The van der Waals surface area contributed by atoms with Gasteiger partial charge in [0.1, 0.15) is 0 Å². The van der Waals surface area contributed by atoms with Crippen molar-refractivity contribution in [3.63, 3.8) is 0 Å². The van der Waals surface area contributed by atoms with Crippen LogP contribution >= 0.6 is 0 Å². The van der Waals surface area contributed by atoms with Crippen molar-refractivity contribution < 1.29 is 0 Å². The Morgan fingerprint density at radius 2 is 2.25 bits per heavy atom. The molecule has 0 aliphatic heterocycles. The molecule has 0 saturated heterocycles. The van der Waals surface area contributed by atoms with E-state index in [2.05, 4.69) is 30.8 Å². The zero-order valence-corrected chi connectivity index (χ0v) is 11.3. The smallest absolute Gasteiger partial charge is 0.181 e. The molecule has 0 aliphatic carbocycles. The fourth-order valence-electron chi connectivity index (χ4n) is 1.99. The van der Waals surface area contributed by atoms with Crippen molar-refractivity contribution in [3.8, 4) is 11.4 Å². The first-order chi connectivity index (χ1) is 9.74. The second-order valence-electron chi connectivity index (χ2n) is 4.53. The monoisotopic (exact) mass is 269 g/mol. The van der Waals surface area contributed by atoms with E-state index in [9.17, 15) is 0 Å². The van der Waals surface area contributed by atoms with E-state index in [1.807, 2.05) is 38.2 Å². The summed E-state index contributed by atoms with van der Waals surface area (Å²) in [7, 11) is 1.82. The number of aromatic nitrogens is 6. The molecule has 20 heavy (non-hydrogen) atoms. The maximum Gasteiger partial charge on any atom is 0.181 e. The molecule has 0 spiro atoms. The molecule has 0 atom stereocenters. The first-order valence-electron chi connectivity index (χ1n) is 6.29. The lowest BCUT2D eigenvalue weighted by molar-refractivity contribution is 0.714. The number of aromatic amines is 1. The number of rotatable bonds is 4. The van der Waals surface area contributed by atoms with Crippen molar-refractivity contribution in [2.75, 3.05) is 5.32 Å². The highest BCUT2D eigenvalue weighted by Crippen LogP contribution is 2.20. The average Bonchev–Trinajstić information content (AvgIpc) is 3.05. The molecule has 7 nitrogen and oxygen atoms in total. The van der Waals surface area contributed by atoms with E-state index in [0.717, 1.165) is 28.5 Å². The number of nitrogens with one attached hydrogen (secondary N) is 2. The Hall–Kier alpha value is -2.70. The Morgan fingerprint density at radius 1 is 1.35 bits per heavy atom. The van der Waals surface area contributed by atoms with Crippen molar-refractivity contribution in [1.29, 1.82) is 0 Å². The lowest BCUT2D eigenvalue weighted by Crippen LogP contribution is -2.02. The minimum atomic E-state index is 0.676. The first kappa shape index (κ1) is 12.3. The molecule has 7 heteroatoms. The molecule has 0 fully saturated rings. The molecular formula is C13H15N7. The fraction of sp³-hybridized carbons (Fsp3) is 0.231. The number of H-pyrrole nitrogens is 1. The average molecular weight is 269 g/mol. The number of tetrazole rings is 1. The van der Waals surface area contributed by atoms with Crippen LogP contribution < -0.4 is 5.32 Å². The molecule has 3 aromatic rings. The third-order valence-electron chi connectivity index (χ3n) is 3.14. The normalized spacial score (nSPS) is 10.7. The molecule has 0 radical (unpaired) electrons. The van der Waals surface area contributed by atoms with Gasteiger partial charge in [-0.1, -0.05) is 12.1 Å². The summed E-state index contributed by atoms with van der Waals surface area (Å²) in [5.41, 5.74) is 4.07. The van der Waals surface area contributed by atoms with E-state index in [1.165, 1.54) is 0 Å². The number of benzene rings is 1. The Balaban J connectivity index is 1.78. The van der Waals surface area contributed by atoms with Crippen LogP contribution in [0.25, 0.3) is 11.4 Å². The number of anilines is 1. The molecule has 0 aliphatic rings. The van der Waals surface area contributed by atoms with Gasteiger partial charge in [-0.3, -0.25) is 0 Å². The Morgan fingerprint density at radius 3 is 2.95 bits per heavy atom. The van der Waals surface area contributed by atoms with Crippen molar-refractivity contribution in [2.45, 2.75) is 13.5 Å². The largest absolute Gasteiger partial charge is 0.379 e. The van der Waals surface area contributed by atoms with E-state index >= 15 is 0 Å². The zero-order chi connectivity index (χ0) is 13.9. The van der Waals surface area contributed by atoms with Gasteiger partial charge in [0.25, 0.3) is 0 Å². The van der Waals surface area contributed by atoms with Crippen molar-refractivity contribution in [3.05, 3.63) is 42.0 Å². The topological polar surface area (TPSA) is 84.3 Å². The molecular weight excluding hydrogens is 254 g/mol. The maximum absolute atomic E-state index is 4.26. The van der Waals surface area contributed by atoms with Crippen LogP contribution in [0.1, 0.15) is 11.4 Å². The van der Waals surface area contributed by atoms with Crippen LogP contribution in [0.4, 0.5) is 5.69 Å². The predicted octanol–water partition coefficient (Wildman–Crippen LogP) is 1.52. The van der Waals surface area contributed by atoms with Gasteiger partial charge in [0, 0.05) is 24.0 Å². The summed E-state index contributed by atoms with van der Waals surface area (Å²) < 4.78 is 1.65. The number of imidazole rings is 1. The number of aryl methyl sites for hydroxylation is 2. The van der Waals surface area contributed by atoms with Crippen molar-refractivity contribution >= 4 is 5.69 Å². The van der Waals surface area contributed by atoms with Gasteiger partial charge < -0.3 is 10.3 Å². The van der Waals surface area contributed by atoms with E-state index in [0.29, 0.717) is 6.54 Å². The summed E-state index contributed by atoms with van der Waals surface area (Å²) in [5, 5.41) is 14.9. The van der Waals surface area contributed by atoms with Crippen LogP contribution in [0.3, 0.4) is 0 Å². The van der Waals surface area contributed by atoms with Gasteiger partial charge in [-0.2, -0.15) is 0 Å². The number of hydrogen-bond acceptors (Lipinski definition) is 5. The molecule has 1 aromatic carbocycles. The molecule has 0 unspecified atom stereocenters. The van der Waals surface area contributed by atoms with Gasteiger partial charge in [0.05, 0.1) is 18.6 Å². The molecule has 2 aromatic heterocycles. The van der Waals surface area contributed by atoms with Gasteiger partial charge in [0.15, 0.2) is 5.82 Å². The zero-order valence-electron chi connectivity index (χ0n) is 11.3. The number of nitrogens with zero attached hydrogens (tertiary/aromatic N) is 5. The summed E-state index contributed by atoms with van der Waals surface area (Å²) in [6.45, 7) is 2.68. The molecule has 0 bridgehead atoms. The summed E-state index contributed by atoms with van der Waals surface area (Å²) >= 11 is 0. The summed E-state index contributed by atoms with van der Waals surface area (Å²) in [5.74, 6) is 0.740. The lowest BCUT2D eigenvalue weighted by atomic mass is 10.2. The number of hydrogen-bond donors (Lipinski definition) is 2. The lowest BCUT2D eigenvalue weighted by Gasteiger charge is -2.07. The van der Waals surface area contributed by atoms with E-state index in [4.69, 9.17) is 0 Å². The summed E-state index contributed by atoms with van der Waals surface area (Å²) in [6.07, 6.45) is 1.70. The van der Waals surface area contributed by atoms with Gasteiger partial charge in [0.2, 0.25) is 0 Å². The van der Waals surface area contributed by atoms with Crippen LogP contribution in [-0.2, 0) is 13.6 Å². The van der Waals surface area contributed by atoms with Crippen LogP contribution in [-0.4, -0.2) is 30.2 Å². The Kier molecular flexibility index (Phi) is 3.16. The van der Waals surface area contributed by atoms with Gasteiger partial charge in [-0.25, -0.2) is 9.67 Å². The predicted molar refractivity (Wildman–Crippen MR) is 74.9 cm³/mol.